The summed E-state index contributed by atoms with van der Waals surface area (Å²) in [6.45, 7) is 1.35. The average Bonchev–Trinajstić information content (AvgIpc) is 2.59. The topological polar surface area (TPSA) is 57.6 Å². The molecule has 5 heteroatoms. The van der Waals surface area contributed by atoms with Crippen LogP contribution in [0.5, 0.6) is 0 Å². The number of carboxylic acids is 1. The van der Waals surface area contributed by atoms with Crippen LogP contribution in [0, 0.1) is 0 Å². The van der Waals surface area contributed by atoms with Crippen molar-refractivity contribution in [3.63, 3.8) is 0 Å². The highest BCUT2D eigenvalue weighted by Crippen LogP contribution is 2.24. The van der Waals surface area contributed by atoms with Gasteiger partial charge < -0.3 is 10.0 Å². The van der Waals surface area contributed by atoms with Crippen molar-refractivity contribution in [3.8, 4) is 0 Å². The number of hydrogen-bond acceptors (Lipinski definition) is 3. The SMILES string of the molecule is O=C(O)c1ccccc1SCC(=O)N1CCc2ccccc2C1. The molecule has 1 N–H and O–H groups in total. The Morgan fingerprint density at radius 2 is 1.74 bits per heavy atom. The number of fused-ring (bicyclic) bond motifs is 1. The first-order chi connectivity index (χ1) is 11.1. The number of aromatic carboxylic acids is 1. The van der Waals surface area contributed by atoms with Gasteiger partial charge in [0, 0.05) is 18.0 Å². The average molecular weight is 327 g/mol. The molecule has 118 valence electrons. The summed E-state index contributed by atoms with van der Waals surface area (Å²) in [6, 6.07) is 15.0. The quantitative estimate of drug-likeness (QED) is 0.877. The molecule has 0 atom stereocenters. The minimum atomic E-state index is -0.965. The molecule has 0 spiro atoms. The summed E-state index contributed by atoms with van der Waals surface area (Å²) < 4.78 is 0. The molecule has 1 heterocycles. The second-order valence-electron chi connectivity index (χ2n) is 5.42. The summed E-state index contributed by atoms with van der Waals surface area (Å²) in [6.07, 6.45) is 0.873. The van der Waals surface area contributed by atoms with E-state index in [1.165, 1.54) is 22.9 Å². The molecule has 23 heavy (non-hydrogen) atoms. The third-order valence-corrected chi connectivity index (χ3v) is 5.01. The van der Waals surface area contributed by atoms with Crippen molar-refractivity contribution in [3.05, 3.63) is 65.2 Å². The van der Waals surface area contributed by atoms with E-state index in [1.807, 2.05) is 17.0 Å². The van der Waals surface area contributed by atoms with Crippen molar-refractivity contribution in [2.75, 3.05) is 12.3 Å². The maximum atomic E-state index is 12.4. The highest BCUT2D eigenvalue weighted by Gasteiger charge is 2.21. The number of carbonyl (C=O) groups is 2. The van der Waals surface area contributed by atoms with Crippen LogP contribution in [0.1, 0.15) is 21.5 Å². The molecule has 0 saturated heterocycles. The Bertz CT molecular complexity index is 745. The normalized spacial score (nSPS) is 13.5. The Kier molecular flexibility index (Phi) is 4.67. The first-order valence-electron chi connectivity index (χ1n) is 7.45. The number of rotatable bonds is 4. The molecule has 1 aliphatic heterocycles. The first-order valence-corrected chi connectivity index (χ1v) is 8.43. The van der Waals surface area contributed by atoms with E-state index < -0.39 is 5.97 Å². The fourth-order valence-electron chi connectivity index (χ4n) is 2.71. The molecule has 0 aromatic heterocycles. The summed E-state index contributed by atoms with van der Waals surface area (Å²) in [4.78, 5) is 26.1. The molecular weight excluding hydrogens is 310 g/mol. The molecule has 0 fully saturated rings. The van der Waals surface area contributed by atoms with Crippen LogP contribution in [-0.4, -0.2) is 34.2 Å². The number of nitrogens with zero attached hydrogens (tertiary/aromatic N) is 1. The predicted octanol–water partition coefficient (Wildman–Crippen LogP) is 3.06. The van der Waals surface area contributed by atoms with Crippen molar-refractivity contribution in [1.29, 1.82) is 0 Å². The zero-order valence-corrected chi connectivity index (χ0v) is 13.4. The van der Waals surface area contributed by atoms with E-state index in [0.717, 1.165) is 13.0 Å². The maximum absolute atomic E-state index is 12.4. The van der Waals surface area contributed by atoms with Gasteiger partial charge in [-0.05, 0) is 29.7 Å². The van der Waals surface area contributed by atoms with E-state index in [1.54, 1.807) is 24.3 Å². The first kappa shape index (κ1) is 15.6. The smallest absolute Gasteiger partial charge is 0.336 e. The van der Waals surface area contributed by atoms with Crippen molar-refractivity contribution in [2.24, 2.45) is 0 Å². The van der Waals surface area contributed by atoms with Crippen LogP contribution in [0.2, 0.25) is 0 Å². The van der Waals surface area contributed by atoms with E-state index in [4.69, 9.17) is 0 Å². The van der Waals surface area contributed by atoms with Crippen LogP contribution < -0.4 is 0 Å². The summed E-state index contributed by atoms with van der Waals surface area (Å²) in [5, 5.41) is 9.18. The van der Waals surface area contributed by atoms with Crippen LogP contribution in [0.15, 0.2) is 53.4 Å². The molecule has 4 nitrogen and oxygen atoms in total. The number of thioether (sulfide) groups is 1. The summed E-state index contributed by atoms with van der Waals surface area (Å²) >= 11 is 1.29. The molecule has 2 aromatic carbocycles. The molecule has 2 aromatic rings. The molecule has 0 aliphatic carbocycles. The lowest BCUT2D eigenvalue weighted by atomic mass is 10.00. The minimum Gasteiger partial charge on any atom is -0.478 e. The largest absolute Gasteiger partial charge is 0.478 e. The van der Waals surface area contributed by atoms with Gasteiger partial charge in [0.1, 0.15) is 0 Å². The molecule has 0 radical (unpaired) electrons. The van der Waals surface area contributed by atoms with Gasteiger partial charge in [0.25, 0.3) is 0 Å². The van der Waals surface area contributed by atoms with E-state index in [2.05, 4.69) is 12.1 Å². The van der Waals surface area contributed by atoms with Gasteiger partial charge >= 0.3 is 5.97 Å². The Balaban J connectivity index is 1.64. The molecule has 3 rings (SSSR count). The van der Waals surface area contributed by atoms with Gasteiger partial charge in [-0.1, -0.05) is 36.4 Å². The molecule has 1 amide bonds. The van der Waals surface area contributed by atoms with Gasteiger partial charge in [0.2, 0.25) is 5.91 Å². The Morgan fingerprint density at radius 1 is 1.04 bits per heavy atom. The van der Waals surface area contributed by atoms with Crippen LogP contribution in [-0.2, 0) is 17.8 Å². The standard InChI is InChI=1S/C18H17NO3S/c20-17(12-23-16-8-4-3-7-15(16)18(21)22)19-10-9-13-5-1-2-6-14(13)11-19/h1-8H,9-12H2,(H,21,22). The molecule has 0 bridgehead atoms. The van der Waals surface area contributed by atoms with Gasteiger partial charge in [-0.2, -0.15) is 0 Å². The van der Waals surface area contributed by atoms with Crippen LogP contribution >= 0.6 is 11.8 Å². The highest BCUT2D eigenvalue weighted by atomic mass is 32.2. The zero-order chi connectivity index (χ0) is 16.2. The number of carbonyl (C=O) groups excluding carboxylic acids is 1. The van der Waals surface area contributed by atoms with Crippen molar-refractivity contribution in [2.45, 2.75) is 17.9 Å². The van der Waals surface area contributed by atoms with Crippen LogP contribution in [0.4, 0.5) is 0 Å². The molecule has 0 saturated carbocycles. The third kappa shape index (κ3) is 3.56. The lowest BCUT2D eigenvalue weighted by Gasteiger charge is -2.28. The fraction of sp³-hybridized carbons (Fsp3) is 0.222. The number of carboxylic acid groups (broad SMARTS) is 1. The van der Waals surface area contributed by atoms with Crippen molar-refractivity contribution >= 4 is 23.6 Å². The van der Waals surface area contributed by atoms with E-state index in [9.17, 15) is 14.7 Å². The number of hydrogen-bond donors (Lipinski definition) is 1. The molecular formula is C18H17NO3S. The maximum Gasteiger partial charge on any atom is 0.336 e. The van der Waals surface area contributed by atoms with Crippen molar-refractivity contribution < 1.29 is 14.7 Å². The number of benzene rings is 2. The summed E-state index contributed by atoms with van der Waals surface area (Å²) in [5.41, 5.74) is 2.75. The van der Waals surface area contributed by atoms with Crippen molar-refractivity contribution in [1.82, 2.24) is 4.90 Å². The van der Waals surface area contributed by atoms with Gasteiger partial charge in [-0.15, -0.1) is 11.8 Å². The van der Waals surface area contributed by atoms with Crippen LogP contribution in [0.3, 0.4) is 0 Å². The predicted molar refractivity (Wildman–Crippen MR) is 89.7 cm³/mol. The van der Waals surface area contributed by atoms with E-state index >= 15 is 0 Å². The van der Waals surface area contributed by atoms with Gasteiger partial charge in [-0.25, -0.2) is 4.79 Å². The second-order valence-corrected chi connectivity index (χ2v) is 6.44. The van der Waals surface area contributed by atoms with E-state index in [0.29, 0.717) is 11.4 Å². The third-order valence-electron chi connectivity index (χ3n) is 3.95. The molecule has 0 unspecified atom stereocenters. The lowest BCUT2D eigenvalue weighted by Crippen LogP contribution is -2.37. The zero-order valence-electron chi connectivity index (χ0n) is 12.6. The minimum absolute atomic E-state index is 0.0460. The fourth-order valence-corrected chi connectivity index (χ4v) is 3.66. The van der Waals surface area contributed by atoms with Crippen LogP contribution in [0.25, 0.3) is 0 Å². The number of amides is 1. The second kappa shape index (κ2) is 6.87. The molecule has 1 aliphatic rings. The van der Waals surface area contributed by atoms with E-state index in [-0.39, 0.29) is 17.2 Å². The summed E-state index contributed by atoms with van der Waals surface area (Å²) in [5.74, 6) is -0.663. The Labute approximate surface area is 139 Å². The highest BCUT2D eigenvalue weighted by molar-refractivity contribution is 8.00. The van der Waals surface area contributed by atoms with Gasteiger partial charge in [0.15, 0.2) is 0 Å². The lowest BCUT2D eigenvalue weighted by molar-refractivity contribution is -0.129. The monoisotopic (exact) mass is 327 g/mol. The van der Waals surface area contributed by atoms with Gasteiger partial charge in [-0.3, -0.25) is 4.79 Å². The Hall–Kier alpha value is -2.27. The Morgan fingerprint density at radius 3 is 2.52 bits per heavy atom. The summed E-state index contributed by atoms with van der Waals surface area (Å²) in [7, 11) is 0. The van der Waals surface area contributed by atoms with Gasteiger partial charge in [0.05, 0.1) is 11.3 Å².